The molecule has 0 aliphatic rings. The number of benzene rings is 2. The first-order chi connectivity index (χ1) is 14.5. The molecule has 0 radical (unpaired) electrons. The molecule has 0 saturated carbocycles. The molecule has 30 heavy (non-hydrogen) atoms. The lowest BCUT2D eigenvalue weighted by Gasteiger charge is -2.07. The van der Waals surface area contributed by atoms with Gasteiger partial charge in [0.2, 0.25) is 11.7 Å². The highest BCUT2D eigenvalue weighted by Gasteiger charge is 2.19. The zero-order valence-corrected chi connectivity index (χ0v) is 17.4. The third kappa shape index (κ3) is 4.25. The first-order valence-corrected chi connectivity index (χ1v) is 10.1. The molecule has 2 aromatic carbocycles. The second-order valence-electron chi connectivity index (χ2n) is 7.85. The monoisotopic (exact) mass is 403 g/mol. The first kappa shape index (κ1) is 19.8. The maximum Gasteiger partial charge on any atom is 0.279 e. The second-order valence-corrected chi connectivity index (χ2v) is 7.85. The van der Waals surface area contributed by atoms with Gasteiger partial charge in [-0.3, -0.25) is 9.48 Å². The van der Waals surface area contributed by atoms with Crippen molar-refractivity contribution in [3.8, 4) is 23.0 Å². The van der Waals surface area contributed by atoms with E-state index in [9.17, 15) is 4.79 Å². The van der Waals surface area contributed by atoms with Crippen molar-refractivity contribution in [3.63, 3.8) is 0 Å². The van der Waals surface area contributed by atoms with Crippen LogP contribution in [-0.2, 0) is 11.3 Å². The number of carbonyl (C=O) groups excluding carboxylic acids is 1. The van der Waals surface area contributed by atoms with E-state index in [1.807, 2.05) is 55.5 Å². The topological polar surface area (TPSA) is 85.8 Å². The van der Waals surface area contributed by atoms with Gasteiger partial charge in [-0.15, -0.1) is 0 Å². The van der Waals surface area contributed by atoms with Crippen LogP contribution in [0.3, 0.4) is 0 Å². The van der Waals surface area contributed by atoms with E-state index >= 15 is 0 Å². The maximum absolute atomic E-state index is 12.4. The Kier molecular flexibility index (Phi) is 5.61. The molecule has 7 nitrogen and oxygen atoms in total. The number of para-hydroxylation sites is 1. The van der Waals surface area contributed by atoms with E-state index in [0.717, 1.165) is 28.5 Å². The van der Waals surface area contributed by atoms with Crippen LogP contribution in [0.15, 0.2) is 53.1 Å². The fraction of sp³-hybridized carbons (Fsp3) is 0.304. The lowest BCUT2D eigenvalue weighted by Crippen LogP contribution is -2.29. The highest BCUT2D eigenvalue weighted by molar-refractivity contribution is 5.92. The van der Waals surface area contributed by atoms with Gasteiger partial charge in [-0.25, -0.2) is 0 Å². The van der Waals surface area contributed by atoms with Gasteiger partial charge in [0.25, 0.3) is 5.89 Å². The van der Waals surface area contributed by atoms with Gasteiger partial charge in [0.15, 0.2) is 5.69 Å². The van der Waals surface area contributed by atoms with Gasteiger partial charge in [-0.2, -0.15) is 10.1 Å². The zero-order valence-electron chi connectivity index (χ0n) is 17.4. The minimum Gasteiger partial charge on any atom is -0.354 e. The predicted octanol–water partition coefficient (Wildman–Crippen LogP) is 4.22. The molecule has 0 spiro atoms. The largest absolute Gasteiger partial charge is 0.354 e. The molecule has 2 heterocycles. The van der Waals surface area contributed by atoms with Crippen LogP contribution in [0.5, 0.6) is 0 Å². The van der Waals surface area contributed by atoms with Gasteiger partial charge in [0, 0.05) is 17.5 Å². The van der Waals surface area contributed by atoms with Crippen molar-refractivity contribution in [2.75, 3.05) is 6.54 Å². The Morgan fingerprint density at radius 1 is 1.17 bits per heavy atom. The number of nitrogens with zero attached hydrogens (tertiary/aromatic N) is 4. The molecular weight excluding hydrogens is 378 g/mol. The van der Waals surface area contributed by atoms with Crippen LogP contribution in [0.4, 0.5) is 0 Å². The van der Waals surface area contributed by atoms with Crippen molar-refractivity contribution in [3.05, 3.63) is 54.1 Å². The summed E-state index contributed by atoms with van der Waals surface area (Å²) >= 11 is 0. The highest BCUT2D eigenvalue weighted by Crippen LogP contribution is 2.28. The molecule has 154 valence electrons. The molecule has 0 unspecified atom stereocenters. The summed E-state index contributed by atoms with van der Waals surface area (Å²) in [6, 6.07) is 15.7. The normalized spacial score (nSPS) is 11.3. The van der Waals surface area contributed by atoms with Gasteiger partial charge in [-0.1, -0.05) is 61.0 Å². The van der Waals surface area contributed by atoms with Crippen LogP contribution < -0.4 is 5.32 Å². The van der Waals surface area contributed by atoms with Crippen LogP contribution in [0.1, 0.15) is 25.8 Å². The Morgan fingerprint density at radius 2 is 2.00 bits per heavy atom. The minimum atomic E-state index is -0.0681. The van der Waals surface area contributed by atoms with Crippen molar-refractivity contribution in [2.45, 2.75) is 33.7 Å². The van der Waals surface area contributed by atoms with E-state index in [1.54, 1.807) is 4.68 Å². The Bertz CT molecular complexity index is 1180. The fourth-order valence-corrected chi connectivity index (χ4v) is 3.32. The van der Waals surface area contributed by atoms with E-state index in [2.05, 4.69) is 34.4 Å². The molecule has 1 N–H and O–H groups in total. The Labute approximate surface area is 175 Å². The smallest absolute Gasteiger partial charge is 0.279 e. The minimum absolute atomic E-state index is 0.0681. The number of fused-ring (bicyclic) bond motifs is 1. The van der Waals surface area contributed by atoms with E-state index in [0.29, 0.717) is 29.9 Å². The summed E-state index contributed by atoms with van der Waals surface area (Å²) < 4.78 is 7.21. The highest BCUT2D eigenvalue weighted by atomic mass is 16.5. The molecule has 0 saturated heterocycles. The third-order valence-electron chi connectivity index (χ3n) is 4.90. The quantitative estimate of drug-likeness (QED) is 0.499. The molecule has 4 rings (SSSR count). The third-order valence-corrected chi connectivity index (χ3v) is 4.90. The molecular formula is C23H25N5O2. The summed E-state index contributed by atoms with van der Waals surface area (Å²) in [5, 5.41) is 12.6. The summed E-state index contributed by atoms with van der Waals surface area (Å²) in [5.74, 6) is 1.32. The van der Waals surface area contributed by atoms with Gasteiger partial charge < -0.3 is 9.84 Å². The molecule has 4 aromatic rings. The number of rotatable bonds is 7. The van der Waals surface area contributed by atoms with Crippen LogP contribution >= 0.6 is 0 Å². The predicted molar refractivity (Wildman–Crippen MR) is 116 cm³/mol. The summed E-state index contributed by atoms with van der Waals surface area (Å²) in [4.78, 5) is 16.9. The molecule has 0 bridgehead atoms. The summed E-state index contributed by atoms with van der Waals surface area (Å²) in [6.07, 6.45) is 0.945. The van der Waals surface area contributed by atoms with Crippen LogP contribution in [0, 0.1) is 12.8 Å². The van der Waals surface area contributed by atoms with E-state index in [4.69, 9.17) is 4.52 Å². The number of hydrogen-bond acceptors (Lipinski definition) is 5. The number of aromatic nitrogens is 4. The van der Waals surface area contributed by atoms with E-state index < -0.39 is 0 Å². The Morgan fingerprint density at radius 3 is 2.80 bits per heavy atom. The summed E-state index contributed by atoms with van der Waals surface area (Å²) in [6.45, 7) is 7.08. The lowest BCUT2D eigenvalue weighted by atomic mass is 10.1. The van der Waals surface area contributed by atoms with Gasteiger partial charge in [0.1, 0.15) is 6.54 Å². The molecule has 7 heteroatoms. The molecule has 1 amide bonds. The lowest BCUT2D eigenvalue weighted by molar-refractivity contribution is -0.121. The molecule has 0 aliphatic carbocycles. The molecule has 0 aliphatic heterocycles. The number of aryl methyl sites for hydroxylation is 1. The van der Waals surface area contributed by atoms with E-state index in [1.165, 1.54) is 0 Å². The van der Waals surface area contributed by atoms with E-state index in [-0.39, 0.29) is 12.5 Å². The molecule has 0 atom stereocenters. The summed E-state index contributed by atoms with van der Waals surface area (Å²) in [7, 11) is 0. The van der Waals surface area contributed by atoms with Gasteiger partial charge in [0.05, 0.1) is 5.52 Å². The Hall–Kier alpha value is -3.48. The number of carbonyl (C=O) groups is 1. The first-order valence-electron chi connectivity index (χ1n) is 10.1. The average molecular weight is 403 g/mol. The summed E-state index contributed by atoms with van der Waals surface area (Å²) in [5.41, 5.74) is 3.43. The van der Waals surface area contributed by atoms with Crippen LogP contribution in [0.2, 0.25) is 0 Å². The van der Waals surface area contributed by atoms with Crippen molar-refractivity contribution in [1.29, 1.82) is 0 Å². The van der Waals surface area contributed by atoms with Crippen molar-refractivity contribution in [2.24, 2.45) is 5.92 Å². The number of hydrogen-bond donors (Lipinski definition) is 1. The fourth-order valence-electron chi connectivity index (χ4n) is 3.32. The zero-order chi connectivity index (χ0) is 21.1. The second kappa shape index (κ2) is 8.49. The SMILES string of the molecule is Cc1cccc(-c2noc(-c3nn(CC(=O)NCCC(C)C)c4ccccc34)n2)c1. The Balaban J connectivity index is 1.62. The van der Waals surface area contributed by atoms with Crippen LogP contribution in [0.25, 0.3) is 33.9 Å². The van der Waals surface area contributed by atoms with Crippen molar-refractivity contribution in [1.82, 2.24) is 25.2 Å². The van der Waals surface area contributed by atoms with Crippen molar-refractivity contribution < 1.29 is 9.32 Å². The van der Waals surface area contributed by atoms with Crippen molar-refractivity contribution >= 4 is 16.8 Å². The number of amides is 1. The molecule has 0 fully saturated rings. The van der Waals surface area contributed by atoms with Crippen LogP contribution in [-0.4, -0.2) is 32.4 Å². The van der Waals surface area contributed by atoms with Gasteiger partial charge in [-0.05, 0) is 31.4 Å². The maximum atomic E-state index is 12.4. The van der Waals surface area contributed by atoms with Gasteiger partial charge >= 0.3 is 0 Å². The molecule has 2 aromatic heterocycles. The standard InChI is InChI=1S/C23H25N5O2/c1-15(2)11-12-24-20(29)14-28-19-10-5-4-9-18(19)21(26-28)23-25-22(27-30-23)17-8-6-7-16(3)13-17/h4-10,13,15H,11-12,14H2,1-3H3,(H,24,29). The number of nitrogens with one attached hydrogen (secondary N) is 1. The average Bonchev–Trinajstić information content (AvgIpc) is 3.33.